The van der Waals surface area contributed by atoms with E-state index in [0.29, 0.717) is 17.1 Å². The maximum atomic E-state index is 8.86. The summed E-state index contributed by atoms with van der Waals surface area (Å²) in [5.41, 5.74) is 1.34. The minimum absolute atomic E-state index is 0.135. The van der Waals surface area contributed by atoms with Gasteiger partial charge in [-0.2, -0.15) is 5.26 Å². The summed E-state index contributed by atoms with van der Waals surface area (Å²) in [4.78, 5) is 0. The number of nitrogens with zero attached hydrogens (tertiary/aromatic N) is 1. The van der Waals surface area contributed by atoms with Crippen LogP contribution >= 0.6 is 11.6 Å². The van der Waals surface area contributed by atoms with Crippen LogP contribution in [-0.2, 0) is 6.54 Å². The highest BCUT2D eigenvalue weighted by atomic mass is 35.5. The summed E-state index contributed by atoms with van der Waals surface area (Å²) in [6.07, 6.45) is 0. The monoisotopic (exact) mass is 240 g/mol. The number of nitrogens with one attached hydrogen (secondary N) is 1. The quantitative estimate of drug-likeness (QED) is 0.707. The molecule has 0 saturated carbocycles. The van der Waals surface area contributed by atoms with Crippen LogP contribution in [0, 0.1) is 11.3 Å². The number of rotatable bonds is 5. The number of aliphatic hydroxyl groups is 2. The van der Waals surface area contributed by atoms with Crippen molar-refractivity contribution in [3.63, 3.8) is 0 Å². The van der Waals surface area contributed by atoms with Crippen molar-refractivity contribution in [2.45, 2.75) is 12.6 Å². The van der Waals surface area contributed by atoms with Crippen LogP contribution in [0.25, 0.3) is 0 Å². The highest BCUT2D eigenvalue weighted by Gasteiger charge is 2.06. The molecule has 16 heavy (non-hydrogen) atoms. The summed E-state index contributed by atoms with van der Waals surface area (Å²) >= 11 is 5.96. The van der Waals surface area contributed by atoms with Gasteiger partial charge >= 0.3 is 0 Å². The highest BCUT2D eigenvalue weighted by molar-refractivity contribution is 6.31. The lowest BCUT2D eigenvalue weighted by molar-refractivity contribution is 0.170. The maximum Gasteiger partial charge on any atom is 0.0992 e. The third-order valence-corrected chi connectivity index (χ3v) is 2.56. The predicted molar refractivity (Wildman–Crippen MR) is 61.0 cm³/mol. The van der Waals surface area contributed by atoms with Crippen LogP contribution in [0.15, 0.2) is 18.2 Å². The Morgan fingerprint density at radius 3 is 2.56 bits per heavy atom. The van der Waals surface area contributed by atoms with Gasteiger partial charge in [0.05, 0.1) is 30.9 Å². The summed E-state index contributed by atoms with van der Waals surface area (Å²) in [6, 6.07) is 6.66. The van der Waals surface area contributed by atoms with E-state index in [9.17, 15) is 0 Å². The van der Waals surface area contributed by atoms with E-state index < -0.39 is 0 Å². The van der Waals surface area contributed by atoms with Crippen LogP contribution in [0.4, 0.5) is 0 Å². The van der Waals surface area contributed by atoms with Crippen molar-refractivity contribution >= 4 is 11.6 Å². The van der Waals surface area contributed by atoms with Crippen molar-refractivity contribution in [1.29, 1.82) is 5.26 Å². The summed E-state index contributed by atoms with van der Waals surface area (Å²) in [7, 11) is 0. The van der Waals surface area contributed by atoms with Gasteiger partial charge in [-0.1, -0.05) is 17.7 Å². The first-order valence-electron chi connectivity index (χ1n) is 4.85. The predicted octanol–water partition coefficient (Wildman–Crippen LogP) is 0.654. The SMILES string of the molecule is N#Cc1ccc(CNC(CO)CO)c(Cl)c1. The second-order valence-corrected chi connectivity index (χ2v) is 3.77. The molecule has 0 radical (unpaired) electrons. The Balaban J connectivity index is 2.65. The van der Waals surface area contributed by atoms with E-state index in [4.69, 9.17) is 27.1 Å². The Labute approximate surface area is 99.1 Å². The highest BCUT2D eigenvalue weighted by Crippen LogP contribution is 2.17. The van der Waals surface area contributed by atoms with Gasteiger partial charge in [-0.05, 0) is 17.7 Å². The molecule has 0 aliphatic rings. The minimum Gasteiger partial charge on any atom is -0.395 e. The number of hydrogen-bond donors (Lipinski definition) is 3. The average Bonchev–Trinajstić information content (AvgIpc) is 2.32. The number of benzene rings is 1. The van der Waals surface area contributed by atoms with E-state index in [1.807, 2.05) is 6.07 Å². The van der Waals surface area contributed by atoms with Gasteiger partial charge in [-0.25, -0.2) is 0 Å². The molecule has 0 aliphatic heterocycles. The summed E-state index contributed by atoms with van der Waals surface area (Å²) in [6.45, 7) is 0.172. The third kappa shape index (κ3) is 3.47. The van der Waals surface area contributed by atoms with E-state index in [-0.39, 0.29) is 19.3 Å². The molecule has 0 atom stereocenters. The molecule has 0 aromatic heterocycles. The molecule has 0 saturated heterocycles. The molecule has 1 aromatic rings. The largest absolute Gasteiger partial charge is 0.395 e. The first-order chi connectivity index (χ1) is 7.71. The van der Waals surface area contributed by atoms with Gasteiger partial charge in [0.25, 0.3) is 0 Å². The Kier molecular flexibility index (Phi) is 5.23. The smallest absolute Gasteiger partial charge is 0.0992 e. The summed E-state index contributed by atoms with van der Waals surface area (Å²) in [5.74, 6) is 0. The fraction of sp³-hybridized carbons (Fsp3) is 0.364. The number of halogens is 1. The van der Waals surface area contributed by atoms with E-state index in [1.165, 1.54) is 0 Å². The first kappa shape index (κ1) is 12.9. The molecule has 1 aromatic carbocycles. The fourth-order valence-electron chi connectivity index (χ4n) is 1.20. The zero-order valence-corrected chi connectivity index (χ0v) is 9.41. The molecule has 1 rings (SSSR count). The van der Waals surface area contributed by atoms with E-state index in [0.717, 1.165) is 5.56 Å². The van der Waals surface area contributed by atoms with Crippen LogP contribution < -0.4 is 5.32 Å². The molecule has 86 valence electrons. The van der Waals surface area contributed by atoms with Crippen molar-refractivity contribution in [1.82, 2.24) is 5.32 Å². The van der Waals surface area contributed by atoms with Gasteiger partial charge in [0.2, 0.25) is 0 Å². The molecule has 0 spiro atoms. The zero-order chi connectivity index (χ0) is 12.0. The maximum absolute atomic E-state index is 8.86. The van der Waals surface area contributed by atoms with E-state index in [1.54, 1.807) is 18.2 Å². The van der Waals surface area contributed by atoms with Crippen LogP contribution in [0.5, 0.6) is 0 Å². The second kappa shape index (κ2) is 6.46. The van der Waals surface area contributed by atoms with Crippen molar-refractivity contribution in [2.24, 2.45) is 0 Å². The third-order valence-electron chi connectivity index (χ3n) is 2.20. The van der Waals surface area contributed by atoms with E-state index >= 15 is 0 Å². The molecule has 0 fully saturated rings. The minimum atomic E-state index is -0.355. The van der Waals surface area contributed by atoms with Crippen LogP contribution in [0.2, 0.25) is 5.02 Å². The summed E-state index contributed by atoms with van der Waals surface area (Å²) in [5, 5.41) is 29.8. The lowest BCUT2D eigenvalue weighted by Crippen LogP contribution is -2.35. The Bertz CT molecular complexity index is 386. The van der Waals surface area contributed by atoms with Crippen molar-refractivity contribution in [3.05, 3.63) is 34.3 Å². The van der Waals surface area contributed by atoms with Gasteiger partial charge in [-0.3, -0.25) is 0 Å². The van der Waals surface area contributed by atoms with Crippen molar-refractivity contribution < 1.29 is 10.2 Å². The van der Waals surface area contributed by atoms with Crippen molar-refractivity contribution in [2.75, 3.05) is 13.2 Å². The van der Waals surface area contributed by atoms with E-state index in [2.05, 4.69) is 5.32 Å². The van der Waals surface area contributed by atoms with Gasteiger partial charge in [-0.15, -0.1) is 0 Å². The second-order valence-electron chi connectivity index (χ2n) is 3.36. The Hall–Kier alpha value is -1.12. The standard InChI is InChI=1S/C11H13ClN2O2/c12-11-3-8(4-13)1-2-9(11)5-14-10(6-15)7-16/h1-3,10,14-16H,5-7H2. The van der Waals surface area contributed by atoms with Gasteiger partial charge < -0.3 is 15.5 Å². The molecule has 0 heterocycles. The topological polar surface area (TPSA) is 76.3 Å². The number of aliphatic hydroxyl groups excluding tert-OH is 2. The van der Waals surface area contributed by atoms with Gasteiger partial charge in [0, 0.05) is 11.6 Å². The normalized spacial score (nSPS) is 10.4. The Morgan fingerprint density at radius 2 is 2.06 bits per heavy atom. The first-order valence-corrected chi connectivity index (χ1v) is 5.22. The molecule has 0 unspecified atom stereocenters. The lowest BCUT2D eigenvalue weighted by atomic mass is 10.1. The molecular formula is C11H13ClN2O2. The summed E-state index contributed by atoms with van der Waals surface area (Å²) < 4.78 is 0. The lowest BCUT2D eigenvalue weighted by Gasteiger charge is -2.13. The fourth-order valence-corrected chi connectivity index (χ4v) is 1.45. The van der Waals surface area contributed by atoms with Crippen LogP contribution in [0.3, 0.4) is 0 Å². The molecule has 4 nitrogen and oxygen atoms in total. The molecule has 5 heteroatoms. The molecular weight excluding hydrogens is 228 g/mol. The Morgan fingerprint density at radius 1 is 1.38 bits per heavy atom. The molecule has 0 amide bonds. The molecule has 0 aliphatic carbocycles. The van der Waals surface area contributed by atoms with Crippen molar-refractivity contribution in [3.8, 4) is 6.07 Å². The molecule has 3 N–H and O–H groups in total. The number of nitriles is 1. The average molecular weight is 241 g/mol. The van der Waals surface area contributed by atoms with Gasteiger partial charge in [0.1, 0.15) is 0 Å². The molecule has 0 bridgehead atoms. The zero-order valence-electron chi connectivity index (χ0n) is 8.65. The number of hydrogen-bond acceptors (Lipinski definition) is 4. The van der Waals surface area contributed by atoms with Crippen LogP contribution in [-0.4, -0.2) is 29.5 Å². The van der Waals surface area contributed by atoms with Gasteiger partial charge in [0.15, 0.2) is 0 Å². The van der Waals surface area contributed by atoms with Crippen LogP contribution in [0.1, 0.15) is 11.1 Å².